The van der Waals surface area contributed by atoms with Gasteiger partial charge in [-0.1, -0.05) is 12.1 Å². The number of aromatic nitrogens is 5. The number of hydrogen-bond acceptors (Lipinski definition) is 4. The van der Waals surface area contributed by atoms with Crippen molar-refractivity contribution in [3.63, 3.8) is 0 Å². The molecule has 0 spiro atoms. The summed E-state index contributed by atoms with van der Waals surface area (Å²) in [6.07, 6.45) is 7.38. The van der Waals surface area contributed by atoms with E-state index in [1.807, 2.05) is 37.4 Å². The molecule has 1 amide bonds. The van der Waals surface area contributed by atoms with Gasteiger partial charge in [0.05, 0.1) is 29.5 Å². The first-order valence-electron chi connectivity index (χ1n) is 11.8. The number of amides is 1. The minimum absolute atomic E-state index is 0.112. The molecule has 7 heteroatoms. The highest BCUT2D eigenvalue weighted by Crippen LogP contribution is 2.57. The number of aromatic amines is 2. The molecule has 5 aromatic rings. The zero-order chi connectivity index (χ0) is 22.8. The first-order valence-corrected chi connectivity index (χ1v) is 11.8. The summed E-state index contributed by atoms with van der Waals surface area (Å²) in [4.78, 5) is 25.2. The zero-order valence-corrected chi connectivity index (χ0v) is 18.9. The third-order valence-corrected chi connectivity index (χ3v) is 7.49. The first-order chi connectivity index (χ1) is 16.7. The van der Waals surface area contributed by atoms with E-state index < -0.39 is 0 Å². The maximum Gasteiger partial charge on any atom is 0.251 e. The number of carbonyl (C=O) groups is 1. The second-order valence-electron chi connectivity index (χ2n) is 9.56. The van der Waals surface area contributed by atoms with Crippen molar-refractivity contribution in [2.24, 2.45) is 0 Å². The lowest BCUT2D eigenvalue weighted by Crippen LogP contribution is -2.23. The normalized spacial score (nSPS) is 18.6. The van der Waals surface area contributed by atoms with Gasteiger partial charge in [0.1, 0.15) is 5.82 Å². The third kappa shape index (κ3) is 2.89. The van der Waals surface area contributed by atoms with E-state index in [1.165, 1.54) is 41.2 Å². The summed E-state index contributed by atoms with van der Waals surface area (Å²) in [6.45, 7) is 2.32. The smallest absolute Gasteiger partial charge is 0.251 e. The number of fused-ring (bicyclic) bond motifs is 9. The van der Waals surface area contributed by atoms with Gasteiger partial charge in [-0.15, -0.1) is 0 Å². The highest BCUT2D eigenvalue weighted by molar-refractivity contribution is 6.08. The van der Waals surface area contributed by atoms with Crippen molar-refractivity contribution in [1.29, 1.82) is 0 Å². The molecule has 0 saturated heterocycles. The summed E-state index contributed by atoms with van der Waals surface area (Å²) >= 11 is 0. The van der Waals surface area contributed by atoms with Crippen molar-refractivity contribution in [3.8, 4) is 11.3 Å². The molecule has 2 unspecified atom stereocenters. The fourth-order valence-electron chi connectivity index (χ4n) is 5.99. The molecule has 2 aromatic carbocycles. The number of rotatable bonds is 4. The van der Waals surface area contributed by atoms with Gasteiger partial charge in [0, 0.05) is 33.8 Å². The van der Waals surface area contributed by atoms with E-state index in [-0.39, 0.29) is 5.91 Å². The lowest BCUT2D eigenvalue weighted by molar-refractivity contribution is 0.0950. The Morgan fingerprint density at radius 1 is 1.06 bits per heavy atom. The number of hydrogen-bond donors (Lipinski definition) is 3. The molecule has 7 rings (SSSR count). The maximum absolute atomic E-state index is 12.7. The minimum atomic E-state index is -0.112. The van der Waals surface area contributed by atoms with E-state index in [0.29, 0.717) is 23.9 Å². The lowest BCUT2D eigenvalue weighted by Gasteiger charge is -2.21. The second kappa shape index (κ2) is 7.25. The Morgan fingerprint density at radius 2 is 1.88 bits per heavy atom. The average molecular weight is 449 g/mol. The lowest BCUT2D eigenvalue weighted by atomic mass is 9.85. The van der Waals surface area contributed by atoms with E-state index in [0.717, 1.165) is 33.8 Å². The molecule has 168 valence electrons. The summed E-state index contributed by atoms with van der Waals surface area (Å²) in [7, 11) is 0. The SMILES string of the molecule is Cc1cnc(CNC(=O)c2ccc(-c3nc4ccc5[nH]ncc5c4c4c3C3CCC4C3)cc2)[nH]1. The van der Waals surface area contributed by atoms with Crippen LogP contribution in [0.1, 0.15) is 64.1 Å². The highest BCUT2D eigenvalue weighted by atomic mass is 16.1. The number of benzene rings is 2. The molecule has 2 aliphatic rings. The molecule has 3 heterocycles. The molecule has 34 heavy (non-hydrogen) atoms. The number of aryl methyl sites for hydroxylation is 1. The quantitative estimate of drug-likeness (QED) is 0.356. The topological polar surface area (TPSA) is 99.3 Å². The Kier molecular flexibility index (Phi) is 4.15. The Morgan fingerprint density at radius 3 is 2.68 bits per heavy atom. The van der Waals surface area contributed by atoms with Gasteiger partial charge < -0.3 is 10.3 Å². The fraction of sp³-hybridized carbons (Fsp3) is 0.259. The van der Waals surface area contributed by atoms with Gasteiger partial charge in [-0.25, -0.2) is 9.97 Å². The summed E-state index contributed by atoms with van der Waals surface area (Å²) in [6, 6.07) is 12.0. The number of carbonyl (C=O) groups excluding carboxylic acids is 1. The van der Waals surface area contributed by atoms with Crippen LogP contribution in [0.25, 0.3) is 33.1 Å². The van der Waals surface area contributed by atoms with Gasteiger partial charge in [-0.3, -0.25) is 9.89 Å². The summed E-state index contributed by atoms with van der Waals surface area (Å²) < 4.78 is 0. The summed E-state index contributed by atoms with van der Waals surface area (Å²) in [5.41, 5.74) is 8.70. The van der Waals surface area contributed by atoms with Crippen LogP contribution in [0.4, 0.5) is 0 Å². The molecular formula is C27H24N6O. The third-order valence-electron chi connectivity index (χ3n) is 7.49. The predicted octanol–water partition coefficient (Wildman–Crippen LogP) is 5.10. The van der Waals surface area contributed by atoms with Gasteiger partial charge in [-0.2, -0.15) is 5.10 Å². The molecular weight excluding hydrogens is 424 g/mol. The van der Waals surface area contributed by atoms with Crippen LogP contribution in [0.3, 0.4) is 0 Å². The number of pyridine rings is 1. The van der Waals surface area contributed by atoms with Crippen molar-refractivity contribution in [1.82, 2.24) is 30.5 Å². The molecule has 1 fully saturated rings. The van der Waals surface area contributed by atoms with Crippen LogP contribution >= 0.6 is 0 Å². The average Bonchev–Trinajstić information content (AvgIpc) is 3.66. The van der Waals surface area contributed by atoms with Crippen LogP contribution in [0, 0.1) is 6.92 Å². The van der Waals surface area contributed by atoms with E-state index >= 15 is 0 Å². The number of H-pyrrole nitrogens is 2. The van der Waals surface area contributed by atoms with Gasteiger partial charge in [0.25, 0.3) is 5.91 Å². The van der Waals surface area contributed by atoms with Crippen molar-refractivity contribution < 1.29 is 4.79 Å². The van der Waals surface area contributed by atoms with Crippen LogP contribution in [-0.2, 0) is 6.54 Å². The molecule has 1 saturated carbocycles. The van der Waals surface area contributed by atoms with Crippen molar-refractivity contribution in [2.45, 2.75) is 44.6 Å². The Bertz CT molecular complexity index is 1580. The zero-order valence-electron chi connectivity index (χ0n) is 18.9. The number of imidazole rings is 1. The van der Waals surface area contributed by atoms with E-state index in [9.17, 15) is 4.79 Å². The maximum atomic E-state index is 12.7. The number of nitrogens with zero attached hydrogens (tertiary/aromatic N) is 3. The van der Waals surface area contributed by atoms with Crippen molar-refractivity contribution in [3.05, 3.63) is 77.0 Å². The van der Waals surface area contributed by atoms with E-state index in [1.54, 1.807) is 6.20 Å². The van der Waals surface area contributed by atoms with Gasteiger partial charge >= 0.3 is 0 Å². The molecule has 7 nitrogen and oxygen atoms in total. The molecule has 0 radical (unpaired) electrons. The monoisotopic (exact) mass is 448 g/mol. The van der Waals surface area contributed by atoms with Gasteiger partial charge in [0.15, 0.2) is 0 Å². The predicted molar refractivity (Wildman–Crippen MR) is 131 cm³/mol. The standard InChI is InChI=1S/C27H24N6O/c1-14-11-28-22(31-14)13-29-27(34)16-4-2-15(3-5-16)26-24-18-7-6-17(10-18)23(24)25-19-12-30-33-20(19)8-9-21(25)32-26/h2-5,8-9,11-12,17-18H,6-7,10,13H2,1H3,(H,28,31)(H,29,34)(H,30,33). The van der Waals surface area contributed by atoms with Crippen LogP contribution in [0.5, 0.6) is 0 Å². The Labute approximate surface area is 196 Å². The summed E-state index contributed by atoms with van der Waals surface area (Å²) in [5.74, 6) is 1.80. The molecule has 2 bridgehead atoms. The molecule has 2 atom stereocenters. The van der Waals surface area contributed by atoms with Crippen molar-refractivity contribution in [2.75, 3.05) is 0 Å². The molecule has 2 aliphatic carbocycles. The molecule has 3 aromatic heterocycles. The molecule has 3 N–H and O–H groups in total. The second-order valence-corrected chi connectivity index (χ2v) is 9.56. The summed E-state index contributed by atoms with van der Waals surface area (Å²) in [5, 5.41) is 12.8. The fourth-order valence-corrected chi connectivity index (χ4v) is 5.99. The first kappa shape index (κ1) is 19.5. The highest BCUT2D eigenvalue weighted by Gasteiger charge is 2.41. The van der Waals surface area contributed by atoms with Crippen molar-refractivity contribution >= 4 is 27.7 Å². The number of nitrogens with one attached hydrogen (secondary N) is 3. The van der Waals surface area contributed by atoms with Crippen LogP contribution in [0.2, 0.25) is 0 Å². The Balaban J connectivity index is 1.27. The van der Waals surface area contributed by atoms with E-state index in [4.69, 9.17) is 4.98 Å². The van der Waals surface area contributed by atoms with Gasteiger partial charge in [0.2, 0.25) is 0 Å². The molecule has 0 aliphatic heterocycles. The largest absolute Gasteiger partial charge is 0.345 e. The van der Waals surface area contributed by atoms with Crippen LogP contribution in [0.15, 0.2) is 48.8 Å². The minimum Gasteiger partial charge on any atom is -0.345 e. The van der Waals surface area contributed by atoms with E-state index in [2.05, 4.69) is 37.6 Å². The van der Waals surface area contributed by atoms with Gasteiger partial charge in [-0.05, 0) is 73.4 Å². The van der Waals surface area contributed by atoms with Crippen LogP contribution < -0.4 is 5.32 Å². The van der Waals surface area contributed by atoms with Crippen LogP contribution in [-0.4, -0.2) is 31.1 Å². The Hall–Kier alpha value is -4.00.